The van der Waals surface area contributed by atoms with E-state index in [2.05, 4.69) is 28.3 Å². The van der Waals surface area contributed by atoms with Crippen LogP contribution in [-0.4, -0.2) is 9.97 Å². The van der Waals surface area contributed by atoms with Crippen molar-refractivity contribution in [3.8, 4) is 6.07 Å². The van der Waals surface area contributed by atoms with Crippen LogP contribution in [0.15, 0.2) is 24.4 Å². The number of aryl methyl sites for hydroxylation is 2. The molecule has 0 aliphatic heterocycles. The monoisotopic (exact) mass is 328 g/mol. The first-order valence-electron chi connectivity index (χ1n) is 6.73. The highest BCUT2D eigenvalue weighted by atomic mass is 35.5. The summed E-state index contributed by atoms with van der Waals surface area (Å²) in [5.74, 6) is 0. The highest BCUT2D eigenvalue weighted by Gasteiger charge is 2.11. The van der Waals surface area contributed by atoms with E-state index in [0.717, 1.165) is 27.3 Å². The molecule has 0 radical (unpaired) electrons. The van der Waals surface area contributed by atoms with E-state index in [-0.39, 0.29) is 0 Å². The van der Waals surface area contributed by atoms with Crippen molar-refractivity contribution in [2.24, 2.45) is 0 Å². The van der Waals surface area contributed by atoms with Crippen molar-refractivity contribution in [2.75, 3.05) is 5.32 Å². The molecule has 6 heteroatoms. The molecule has 3 rings (SSSR count). The molecule has 0 aliphatic carbocycles. The zero-order chi connectivity index (χ0) is 15.7. The molecule has 22 heavy (non-hydrogen) atoms. The van der Waals surface area contributed by atoms with E-state index in [1.54, 1.807) is 23.6 Å². The van der Waals surface area contributed by atoms with Crippen molar-refractivity contribution in [3.05, 3.63) is 50.6 Å². The predicted molar refractivity (Wildman–Crippen MR) is 90.4 cm³/mol. The molecule has 0 spiro atoms. The summed E-state index contributed by atoms with van der Waals surface area (Å²) in [6.07, 6.45) is 1.58. The SMILES string of the molecule is Cc1nc(CNc2c(C#N)cnc3ccc(Cl)cc23)c(C)s1. The Balaban J connectivity index is 2.03. The van der Waals surface area contributed by atoms with Crippen molar-refractivity contribution < 1.29 is 0 Å². The second-order valence-electron chi connectivity index (χ2n) is 4.91. The number of nitriles is 1. The molecule has 1 N–H and O–H groups in total. The van der Waals surface area contributed by atoms with Gasteiger partial charge in [0, 0.05) is 21.5 Å². The first-order valence-corrected chi connectivity index (χ1v) is 7.93. The second kappa shape index (κ2) is 5.91. The molecule has 0 fully saturated rings. The highest BCUT2D eigenvalue weighted by molar-refractivity contribution is 7.11. The van der Waals surface area contributed by atoms with Crippen molar-refractivity contribution in [1.82, 2.24) is 9.97 Å². The molecule has 2 heterocycles. The molecular weight excluding hydrogens is 316 g/mol. The molecule has 0 amide bonds. The van der Waals surface area contributed by atoms with Crippen molar-refractivity contribution >= 4 is 39.5 Å². The van der Waals surface area contributed by atoms with Gasteiger partial charge in [0.1, 0.15) is 6.07 Å². The normalized spacial score (nSPS) is 10.6. The van der Waals surface area contributed by atoms with Gasteiger partial charge in [0.05, 0.1) is 34.0 Å². The summed E-state index contributed by atoms with van der Waals surface area (Å²) in [5, 5.41) is 15.2. The van der Waals surface area contributed by atoms with Gasteiger partial charge in [-0.3, -0.25) is 4.98 Å². The molecule has 110 valence electrons. The first kappa shape index (κ1) is 14.8. The lowest BCUT2D eigenvalue weighted by Crippen LogP contribution is -2.04. The van der Waals surface area contributed by atoms with Gasteiger partial charge in [-0.05, 0) is 32.0 Å². The van der Waals surface area contributed by atoms with Crippen molar-refractivity contribution in [3.63, 3.8) is 0 Å². The standard InChI is InChI=1S/C16H13ClN4S/c1-9-15(21-10(2)22-9)8-20-16-11(6-18)7-19-14-4-3-12(17)5-13(14)16/h3-5,7H,8H2,1-2H3,(H,19,20). The maximum Gasteiger partial charge on any atom is 0.103 e. The van der Waals surface area contributed by atoms with Crippen LogP contribution < -0.4 is 5.32 Å². The Labute approximate surface area is 137 Å². The molecule has 0 unspecified atom stereocenters. The third-order valence-electron chi connectivity index (χ3n) is 3.38. The highest BCUT2D eigenvalue weighted by Crippen LogP contribution is 2.29. The topological polar surface area (TPSA) is 61.6 Å². The zero-order valence-electron chi connectivity index (χ0n) is 12.1. The maximum absolute atomic E-state index is 9.33. The minimum atomic E-state index is 0.499. The number of pyridine rings is 1. The Morgan fingerprint density at radius 2 is 2.18 bits per heavy atom. The maximum atomic E-state index is 9.33. The van der Waals surface area contributed by atoms with E-state index in [1.807, 2.05) is 19.1 Å². The van der Waals surface area contributed by atoms with Crippen LogP contribution in [0.25, 0.3) is 10.9 Å². The molecule has 4 nitrogen and oxygen atoms in total. The van der Waals surface area contributed by atoms with Crippen molar-refractivity contribution in [2.45, 2.75) is 20.4 Å². The van der Waals surface area contributed by atoms with Gasteiger partial charge < -0.3 is 5.32 Å². The van der Waals surface area contributed by atoms with Crippen molar-refractivity contribution in [1.29, 1.82) is 5.26 Å². The van der Waals surface area contributed by atoms with E-state index in [1.165, 1.54) is 4.88 Å². The average molecular weight is 329 g/mol. The quantitative estimate of drug-likeness (QED) is 0.771. The lowest BCUT2D eigenvalue weighted by molar-refractivity contribution is 1.04. The number of hydrogen-bond donors (Lipinski definition) is 1. The van der Waals surface area contributed by atoms with Gasteiger partial charge in [0.25, 0.3) is 0 Å². The van der Waals surface area contributed by atoms with Gasteiger partial charge in [0.15, 0.2) is 0 Å². The number of nitrogens with one attached hydrogen (secondary N) is 1. The van der Waals surface area contributed by atoms with Crippen LogP contribution >= 0.6 is 22.9 Å². The van der Waals surface area contributed by atoms with Crippen LogP contribution in [0.5, 0.6) is 0 Å². The van der Waals surface area contributed by atoms with Gasteiger partial charge in [-0.2, -0.15) is 5.26 Å². The second-order valence-corrected chi connectivity index (χ2v) is 6.75. The Bertz CT molecular complexity index is 895. The Morgan fingerprint density at radius 3 is 2.86 bits per heavy atom. The lowest BCUT2D eigenvalue weighted by Gasteiger charge is -2.11. The number of benzene rings is 1. The van der Waals surface area contributed by atoms with Crippen LogP contribution in [0.3, 0.4) is 0 Å². The summed E-state index contributed by atoms with van der Waals surface area (Å²) in [7, 11) is 0. The van der Waals surface area contributed by atoms with Crippen LogP contribution in [0, 0.1) is 25.2 Å². The minimum Gasteiger partial charge on any atom is -0.378 e. The first-order chi connectivity index (χ1) is 10.6. The Kier molecular flexibility index (Phi) is 3.97. The number of aromatic nitrogens is 2. The van der Waals surface area contributed by atoms with Gasteiger partial charge in [-0.1, -0.05) is 11.6 Å². The number of rotatable bonds is 3. The predicted octanol–water partition coefficient (Wildman–Crippen LogP) is 4.45. The summed E-state index contributed by atoms with van der Waals surface area (Å²) in [6, 6.07) is 7.64. The van der Waals surface area contributed by atoms with E-state index < -0.39 is 0 Å². The fourth-order valence-corrected chi connectivity index (χ4v) is 3.35. The summed E-state index contributed by atoms with van der Waals surface area (Å²) in [6.45, 7) is 4.61. The Hall–Kier alpha value is -2.16. The number of nitrogens with zero attached hydrogens (tertiary/aromatic N) is 3. The van der Waals surface area contributed by atoms with E-state index in [4.69, 9.17) is 11.6 Å². The van der Waals surface area contributed by atoms with Crippen LogP contribution in [-0.2, 0) is 6.54 Å². The molecule has 0 saturated carbocycles. The summed E-state index contributed by atoms with van der Waals surface area (Å²) in [5.41, 5.74) is 3.05. The summed E-state index contributed by atoms with van der Waals surface area (Å²) >= 11 is 7.75. The molecule has 0 bridgehead atoms. The van der Waals surface area contributed by atoms with E-state index in [9.17, 15) is 5.26 Å². The molecule has 0 saturated heterocycles. The average Bonchev–Trinajstić information content (AvgIpc) is 2.82. The van der Waals surface area contributed by atoms with Gasteiger partial charge in [-0.25, -0.2) is 4.98 Å². The smallest absolute Gasteiger partial charge is 0.103 e. The molecule has 0 aliphatic rings. The fraction of sp³-hybridized carbons (Fsp3) is 0.188. The van der Waals surface area contributed by atoms with Crippen LogP contribution in [0.2, 0.25) is 5.02 Å². The molecule has 3 aromatic rings. The minimum absolute atomic E-state index is 0.499. The fourth-order valence-electron chi connectivity index (χ4n) is 2.35. The number of anilines is 1. The number of halogens is 1. The van der Waals surface area contributed by atoms with Crippen LogP contribution in [0.1, 0.15) is 21.1 Å². The van der Waals surface area contributed by atoms with E-state index >= 15 is 0 Å². The summed E-state index contributed by atoms with van der Waals surface area (Å²) < 4.78 is 0. The van der Waals surface area contributed by atoms with Gasteiger partial charge >= 0.3 is 0 Å². The third kappa shape index (κ3) is 2.76. The molecule has 1 aromatic carbocycles. The Morgan fingerprint density at radius 1 is 1.36 bits per heavy atom. The third-order valence-corrected chi connectivity index (χ3v) is 4.55. The molecule has 2 aromatic heterocycles. The number of fused-ring (bicyclic) bond motifs is 1. The number of hydrogen-bond acceptors (Lipinski definition) is 5. The van der Waals surface area contributed by atoms with Gasteiger partial charge in [0.2, 0.25) is 0 Å². The number of thiazole rings is 1. The van der Waals surface area contributed by atoms with Gasteiger partial charge in [-0.15, -0.1) is 11.3 Å². The largest absolute Gasteiger partial charge is 0.378 e. The lowest BCUT2D eigenvalue weighted by atomic mass is 10.1. The van der Waals surface area contributed by atoms with E-state index in [0.29, 0.717) is 17.1 Å². The molecule has 0 atom stereocenters. The van der Waals surface area contributed by atoms with Crippen LogP contribution in [0.4, 0.5) is 5.69 Å². The summed E-state index contributed by atoms with van der Waals surface area (Å²) in [4.78, 5) is 9.99. The molecular formula is C16H13ClN4S. The zero-order valence-corrected chi connectivity index (χ0v) is 13.7.